The maximum Gasteiger partial charge on any atom is 0.226 e. The summed E-state index contributed by atoms with van der Waals surface area (Å²) < 4.78 is 0. The predicted molar refractivity (Wildman–Crippen MR) is 68.1 cm³/mol. The molecule has 1 fully saturated rings. The van der Waals surface area contributed by atoms with Gasteiger partial charge in [-0.05, 0) is 32.1 Å². The number of hydrogen-bond acceptors (Lipinski definition) is 2. The second-order valence-electron chi connectivity index (χ2n) is 5.83. The summed E-state index contributed by atoms with van der Waals surface area (Å²) in [6, 6.07) is 2.15. The van der Waals surface area contributed by atoms with Gasteiger partial charge in [-0.2, -0.15) is 5.26 Å². The molecular formula is C14H24N2O. The van der Waals surface area contributed by atoms with Gasteiger partial charge < -0.3 is 5.32 Å². The van der Waals surface area contributed by atoms with E-state index in [0.717, 1.165) is 32.1 Å². The molecule has 1 unspecified atom stereocenters. The molecule has 3 nitrogen and oxygen atoms in total. The summed E-state index contributed by atoms with van der Waals surface area (Å²) in [5.41, 5.74) is -0.149. The van der Waals surface area contributed by atoms with Gasteiger partial charge in [-0.15, -0.1) is 0 Å². The first-order valence-electron chi connectivity index (χ1n) is 6.68. The highest BCUT2D eigenvalue weighted by atomic mass is 16.2. The molecule has 0 radical (unpaired) electrons. The van der Waals surface area contributed by atoms with Crippen LogP contribution in [0.5, 0.6) is 0 Å². The molecule has 0 aromatic heterocycles. The fourth-order valence-corrected chi connectivity index (χ4v) is 2.84. The Bertz CT molecular complexity index is 298. The van der Waals surface area contributed by atoms with Crippen molar-refractivity contribution < 1.29 is 4.79 Å². The number of amides is 1. The van der Waals surface area contributed by atoms with Gasteiger partial charge in [-0.1, -0.05) is 26.7 Å². The van der Waals surface area contributed by atoms with Gasteiger partial charge in [-0.25, -0.2) is 0 Å². The van der Waals surface area contributed by atoms with E-state index < -0.39 is 0 Å². The van der Waals surface area contributed by atoms with Crippen molar-refractivity contribution >= 4 is 5.91 Å². The van der Waals surface area contributed by atoms with Gasteiger partial charge in [0.2, 0.25) is 5.91 Å². The van der Waals surface area contributed by atoms with Crippen LogP contribution in [0.15, 0.2) is 0 Å². The third-order valence-corrected chi connectivity index (χ3v) is 3.63. The normalized spacial score (nSPS) is 19.9. The summed E-state index contributed by atoms with van der Waals surface area (Å²) >= 11 is 0. The molecule has 0 spiro atoms. The topological polar surface area (TPSA) is 52.9 Å². The van der Waals surface area contributed by atoms with E-state index in [2.05, 4.69) is 25.2 Å². The summed E-state index contributed by atoms with van der Waals surface area (Å²) in [5.74, 6) is 0.620. The summed E-state index contributed by atoms with van der Waals surface area (Å²) in [7, 11) is 0. The van der Waals surface area contributed by atoms with Crippen LogP contribution in [0.25, 0.3) is 0 Å². The van der Waals surface area contributed by atoms with Crippen LogP contribution in [-0.2, 0) is 4.79 Å². The van der Waals surface area contributed by atoms with Gasteiger partial charge >= 0.3 is 0 Å². The van der Waals surface area contributed by atoms with Crippen molar-refractivity contribution in [2.75, 3.05) is 6.54 Å². The average molecular weight is 236 g/mol. The van der Waals surface area contributed by atoms with Crippen molar-refractivity contribution in [3.63, 3.8) is 0 Å². The molecule has 1 aliphatic rings. The zero-order chi connectivity index (χ0) is 12.9. The number of nitrogens with one attached hydrogen (secondary N) is 1. The molecule has 0 bridgehead atoms. The van der Waals surface area contributed by atoms with Gasteiger partial charge in [0.25, 0.3) is 0 Å². The monoisotopic (exact) mass is 236 g/mol. The van der Waals surface area contributed by atoms with E-state index in [1.54, 1.807) is 0 Å². The van der Waals surface area contributed by atoms with Crippen molar-refractivity contribution in [3.05, 3.63) is 0 Å². The number of rotatable bonds is 5. The fourth-order valence-electron chi connectivity index (χ4n) is 2.84. The predicted octanol–water partition coefficient (Wildman–Crippen LogP) is 2.87. The van der Waals surface area contributed by atoms with Crippen molar-refractivity contribution in [2.45, 2.75) is 52.9 Å². The average Bonchev–Trinajstić information content (AvgIpc) is 2.74. The molecule has 1 aliphatic carbocycles. The molecule has 96 valence electrons. The lowest BCUT2D eigenvalue weighted by Gasteiger charge is -2.29. The van der Waals surface area contributed by atoms with Crippen LogP contribution in [0.3, 0.4) is 0 Å². The lowest BCUT2D eigenvalue weighted by molar-refractivity contribution is -0.131. The van der Waals surface area contributed by atoms with Crippen LogP contribution >= 0.6 is 0 Å². The van der Waals surface area contributed by atoms with Crippen LogP contribution in [-0.4, -0.2) is 12.5 Å². The molecule has 1 rings (SSSR count). The Kier molecular flexibility index (Phi) is 4.99. The van der Waals surface area contributed by atoms with Crippen LogP contribution in [0.1, 0.15) is 52.9 Å². The molecule has 1 N–H and O–H groups in total. The molecular weight excluding hydrogens is 212 g/mol. The summed E-state index contributed by atoms with van der Waals surface area (Å²) in [5, 5.41) is 11.7. The summed E-state index contributed by atoms with van der Waals surface area (Å²) in [4.78, 5) is 12.3. The van der Waals surface area contributed by atoms with Crippen LogP contribution in [0.2, 0.25) is 0 Å². The Balaban J connectivity index is 2.59. The van der Waals surface area contributed by atoms with Crippen molar-refractivity contribution in [1.82, 2.24) is 5.32 Å². The molecule has 0 aliphatic heterocycles. The van der Waals surface area contributed by atoms with Crippen molar-refractivity contribution in [1.29, 1.82) is 5.26 Å². The van der Waals surface area contributed by atoms with E-state index in [1.807, 2.05) is 6.92 Å². The maximum atomic E-state index is 12.3. The quantitative estimate of drug-likeness (QED) is 0.798. The van der Waals surface area contributed by atoms with Gasteiger partial charge in [0, 0.05) is 12.0 Å². The zero-order valence-corrected chi connectivity index (χ0v) is 11.3. The highest BCUT2D eigenvalue weighted by molar-refractivity contribution is 5.82. The molecule has 1 saturated carbocycles. The number of hydrogen-bond donors (Lipinski definition) is 1. The molecule has 3 heteroatoms. The summed E-state index contributed by atoms with van der Waals surface area (Å²) in [6.45, 7) is 6.66. The minimum atomic E-state index is -0.149. The molecule has 0 aromatic carbocycles. The standard InChI is InChI=1S/C14H24N2O/c1-11(2)8-14(6-4-5-7-14)13(17)16-10-12(3)9-15/h11-12H,4-8,10H2,1-3H3,(H,16,17). The van der Waals surface area contributed by atoms with E-state index >= 15 is 0 Å². The lowest BCUT2D eigenvalue weighted by atomic mass is 9.77. The van der Waals surface area contributed by atoms with Crippen molar-refractivity contribution in [3.8, 4) is 6.07 Å². The van der Waals surface area contributed by atoms with E-state index in [9.17, 15) is 4.79 Å². The zero-order valence-electron chi connectivity index (χ0n) is 11.3. The van der Waals surface area contributed by atoms with Crippen LogP contribution in [0.4, 0.5) is 0 Å². The highest BCUT2D eigenvalue weighted by Crippen LogP contribution is 2.43. The first-order valence-corrected chi connectivity index (χ1v) is 6.68. The second-order valence-corrected chi connectivity index (χ2v) is 5.83. The summed E-state index contributed by atoms with van der Waals surface area (Å²) in [6.07, 6.45) is 5.32. The maximum absolute atomic E-state index is 12.3. The largest absolute Gasteiger partial charge is 0.354 e. The SMILES string of the molecule is CC(C)CC1(C(=O)NCC(C)C#N)CCCC1. The third-order valence-electron chi connectivity index (χ3n) is 3.63. The molecule has 0 aromatic rings. The van der Waals surface area contributed by atoms with E-state index in [1.165, 1.54) is 0 Å². The first-order chi connectivity index (χ1) is 8.00. The van der Waals surface area contributed by atoms with Gasteiger partial charge in [0.15, 0.2) is 0 Å². The molecule has 0 saturated heterocycles. The minimum Gasteiger partial charge on any atom is -0.354 e. The Labute approximate surface area is 105 Å². The van der Waals surface area contributed by atoms with Gasteiger partial charge in [-0.3, -0.25) is 4.79 Å². The lowest BCUT2D eigenvalue weighted by Crippen LogP contribution is -2.41. The number of carbonyl (C=O) groups is 1. The fraction of sp³-hybridized carbons (Fsp3) is 0.857. The molecule has 17 heavy (non-hydrogen) atoms. The number of carbonyl (C=O) groups excluding carboxylic acids is 1. The Morgan fingerprint density at radius 1 is 1.35 bits per heavy atom. The van der Waals surface area contributed by atoms with Crippen molar-refractivity contribution in [2.24, 2.45) is 17.3 Å². The van der Waals surface area contributed by atoms with Gasteiger partial charge in [0.05, 0.1) is 12.0 Å². The smallest absolute Gasteiger partial charge is 0.226 e. The van der Waals surface area contributed by atoms with Crippen LogP contribution < -0.4 is 5.32 Å². The number of nitriles is 1. The Hall–Kier alpha value is -1.04. The molecule has 0 heterocycles. The molecule has 1 amide bonds. The highest BCUT2D eigenvalue weighted by Gasteiger charge is 2.41. The van der Waals surface area contributed by atoms with Crippen LogP contribution in [0, 0.1) is 28.6 Å². The van der Waals surface area contributed by atoms with E-state index in [4.69, 9.17) is 5.26 Å². The second kappa shape index (κ2) is 6.05. The first kappa shape index (κ1) is 14.0. The Morgan fingerprint density at radius 2 is 1.94 bits per heavy atom. The van der Waals surface area contributed by atoms with Gasteiger partial charge in [0.1, 0.15) is 0 Å². The van der Waals surface area contributed by atoms with E-state index in [-0.39, 0.29) is 17.2 Å². The Morgan fingerprint density at radius 3 is 2.41 bits per heavy atom. The third kappa shape index (κ3) is 3.73. The molecule has 1 atom stereocenters. The van der Waals surface area contributed by atoms with E-state index in [0.29, 0.717) is 12.5 Å². The number of nitrogens with zero attached hydrogens (tertiary/aromatic N) is 1. The minimum absolute atomic E-state index is 0.101.